The van der Waals surface area contributed by atoms with Crippen molar-refractivity contribution >= 4 is 30.7 Å². The molecule has 2 unspecified atom stereocenters. The summed E-state index contributed by atoms with van der Waals surface area (Å²) in [6.45, 7) is 8.56. The van der Waals surface area contributed by atoms with Crippen molar-refractivity contribution in [3.05, 3.63) is 35.4 Å². The van der Waals surface area contributed by atoms with Gasteiger partial charge in [0.2, 0.25) is 5.91 Å². The molecule has 3 rings (SSSR count). The number of halogens is 2. The first-order valence-electron chi connectivity index (χ1n) is 11.0. The standard InChI is InChI=1S/C23H37N3O.2ClH/c1-19(22-7-6-12-24-17-22)15-23(27)25-16-20-8-10-21(11-9-20)18-26-13-4-2-3-5-14-26;;/h8-11,19,22,24H,2-7,12-18H2,1H3,(H,25,27);2*1H. The number of carbonyl (C=O) groups excluding carboxylic acids is 1. The third kappa shape index (κ3) is 9.25. The van der Waals surface area contributed by atoms with Crippen LogP contribution in [0.4, 0.5) is 0 Å². The van der Waals surface area contributed by atoms with Crippen molar-refractivity contribution in [3.63, 3.8) is 0 Å². The van der Waals surface area contributed by atoms with Crippen LogP contribution in [-0.4, -0.2) is 37.0 Å². The molecule has 0 radical (unpaired) electrons. The second-order valence-electron chi connectivity index (χ2n) is 8.57. The monoisotopic (exact) mass is 443 g/mol. The highest BCUT2D eigenvalue weighted by Crippen LogP contribution is 2.22. The van der Waals surface area contributed by atoms with Crippen LogP contribution in [-0.2, 0) is 17.9 Å². The highest BCUT2D eigenvalue weighted by atomic mass is 35.5. The zero-order valence-corrected chi connectivity index (χ0v) is 19.5. The third-order valence-corrected chi connectivity index (χ3v) is 6.26. The summed E-state index contributed by atoms with van der Waals surface area (Å²) in [4.78, 5) is 14.9. The summed E-state index contributed by atoms with van der Waals surface area (Å²) in [5, 5.41) is 6.56. The fraction of sp³-hybridized carbons (Fsp3) is 0.696. The van der Waals surface area contributed by atoms with Gasteiger partial charge < -0.3 is 10.6 Å². The molecule has 2 heterocycles. The molecule has 4 nitrogen and oxygen atoms in total. The molecule has 2 aliphatic heterocycles. The Balaban J connectivity index is 0.00000210. The number of rotatable bonds is 7. The molecule has 1 aromatic carbocycles. The van der Waals surface area contributed by atoms with Crippen LogP contribution in [0.15, 0.2) is 24.3 Å². The lowest BCUT2D eigenvalue weighted by molar-refractivity contribution is -0.122. The predicted octanol–water partition coefficient (Wildman–Crippen LogP) is 4.55. The van der Waals surface area contributed by atoms with Gasteiger partial charge in [-0.25, -0.2) is 0 Å². The number of hydrogen-bond acceptors (Lipinski definition) is 3. The molecule has 2 atom stereocenters. The van der Waals surface area contributed by atoms with Gasteiger partial charge >= 0.3 is 0 Å². The van der Waals surface area contributed by atoms with Crippen molar-refractivity contribution in [2.75, 3.05) is 26.2 Å². The SMILES string of the molecule is CC(CC(=O)NCc1ccc(CN2CCCCCC2)cc1)C1CCCNC1.Cl.Cl. The van der Waals surface area contributed by atoms with Crippen molar-refractivity contribution in [3.8, 4) is 0 Å². The van der Waals surface area contributed by atoms with Crippen LogP contribution in [0.1, 0.15) is 63.0 Å². The number of carbonyl (C=O) groups is 1. The molecule has 0 bridgehead atoms. The average molecular weight is 444 g/mol. The molecule has 0 spiro atoms. The average Bonchev–Trinajstić information content (AvgIpc) is 2.97. The minimum absolute atomic E-state index is 0. The Morgan fingerprint density at radius 1 is 1.07 bits per heavy atom. The van der Waals surface area contributed by atoms with E-state index in [0.29, 0.717) is 24.8 Å². The number of nitrogens with zero attached hydrogens (tertiary/aromatic N) is 1. The molecule has 0 saturated carbocycles. The summed E-state index contributed by atoms with van der Waals surface area (Å²) in [5.41, 5.74) is 2.57. The van der Waals surface area contributed by atoms with Crippen LogP contribution >= 0.6 is 24.8 Å². The summed E-state index contributed by atoms with van der Waals surface area (Å²) in [5.74, 6) is 1.28. The molecule has 2 fully saturated rings. The predicted molar refractivity (Wildman–Crippen MR) is 126 cm³/mol. The van der Waals surface area contributed by atoms with E-state index >= 15 is 0 Å². The van der Waals surface area contributed by atoms with Crippen LogP contribution in [0.2, 0.25) is 0 Å². The van der Waals surface area contributed by atoms with Crippen LogP contribution in [0.5, 0.6) is 0 Å². The third-order valence-electron chi connectivity index (χ3n) is 6.26. The Kier molecular flexibility index (Phi) is 12.9. The maximum absolute atomic E-state index is 12.3. The molecule has 166 valence electrons. The normalized spacial score (nSPS) is 21.2. The van der Waals surface area contributed by atoms with Gasteiger partial charge in [0.15, 0.2) is 0 Å². The molecular formula is C23H39Cl2N3O. The number of likely N-dealkylation sites (tertiary alicyclic amines) is 1. The van der Waals surface area contributed by atoms with Crippen molar-refractivity contribution in [2.45, 2.75) is 65.0 Å². The van der Waals surface area contributed by atoms with Crippen molar-refractivity contribution in [1.82, 2.24) is 15.5 Å². The molecule has 2 N–H and O–H groups in total. The number of nitrogens with one attached hydrogen (secondary N) is 2. The summed E-state index contributed by atoms with van der Waals surface area (Å²) in [7, 11) is 0. The highest BCUT2D eigenvalue weighted by molar-refractivity contribution is 5.85. The molecule has 0 aromatic heterocycles. The maximum atomic E-state index is 12.3. The van der Waals surface area contributed by atoms with E-state index in [1.54, 1.807) is 0 Å². The van der Waals surface area contributed by atoms with Gasteiger partial charge in [-0.2, -0.15) is 0 Å². The minimum atomic E-state index is 0. The first kappa shape index (κ1) is 26.2. The second kappa shape index (κ2) is 14.2. The molecule has 29 heavy (non-hydrogen) atoms. The molecule has 1 amide bonds. The lowest BCUT2D eigenvalue weighted by Gasteiger charge is -2.28. The van der Waals surface area contributed by atoms with Gasteiger partial charge in [0.05, 0.1) is 0 Å². The second-order valence-corrected chi connectivity index (χ2v) is 8.57. The topological polar surface area (TPSA) is 44.4 Å². The van der Waals surface area contributed by atoms with Gasteiger partial charge in [-0.05, 0) is 74.8 Å². The molecule has 0 aliphatic carbocycles. The largest absolute Gasteiger partial charge is 0.352 e. The van der Waals surface area contributed by atoms with Gasteiger partial charge in [0.25, 0.3) is 0 Å². The van der Waals surface area contributed by atoms with E-state index in [1.807, 2.05) is 0 Å². The number of piperidine rings is 1. The number of hydrogen-bond donors (Lipinski definition) is 2. The summed E-state index contributed by atoms with van der Waals surface area (Å²) < 4.78 is 0. The van der Waals surface area contributed by atoms with Crippen LogP contribution in [0.25, 0.3) is 0 Å². The van der Waals surface area contributed by atoms with E-state index in [1.165, 1.54) is 62.7 Å². The van der Waals surface area contributed by atoms with E-state index in [9.17, 15) is 4.79 Å². The van der Waals surface area contributed by atoms with E-state index < -0.39 is 0 Å². The molecule has 2 saturated heterocycles. The Morgan fingerprint density at radius 2 is 1.72 bits per heavy atom. The highest BCUT2D eigenvalue weighted by Gasteiger charge is 2.21. The molecule has 2 aliphatic rings. The summed E-state index contributed by atoms with van der Waals surface area (Å²) >= 11 is 0. The van der Waals surface area contributed by atoms with Gasteiger partial charge in [-0.1, -0.05) is 44.0 Å². The van der Waals surface area contributed by atoms with Crippen LogP contribution < -0.4 is 10.6 Å². The van der Waals surface area contributed by atoms with E-state index in [0.717, 1.165) is 19.6 Å². The first-order valence-corrected chi connectivity index (χ1v) is 11.0. The van der Waals surface area contributed by atoms with E-state index in [2.05, 4.69) is 46.7 Å². The molecule has 1 aromatic rings. The minimum Gasteiger partial charge on any atom is -0.352 e. The van der Waals surface area contributed by atoms with E-state index in [-0.39, 0.29) is 30.7 Å². The van der Waals surface area contributed by atoms with Gasteiger partial charge in [0.1, 0.15) is 0 Å². The Labute approximate surface area is 189 Å². The number of benzene rings is 1. The lowest BCUT2D eigenvalue weighted by atomic mass is 9.85. The van der Waals surface area contributed by atoms with Crippen LogP contribution in [0.3, 0.4) is 0 Å². The summed E-state index contributed by atoms with van der Waals surface area (Å²) in [6, 6.07) is 8.79. The Morgan fingerprint density at radius 3 is 2.34 bits per heavy atom. The van der Waals surface area contributed by atoms with Crippen molar-refractivity contribution in [1.29, 1.82) is 0 Å². The molecule has 6 heteroatoms. The maximum Gasteiger partial charge on any atom is 0.220 e. The Hall–Kier alpha value is -0.810. The fourth-order valence-corrected chi connectivity index (χ4v) is 4.41. The van der Waals surface area contributed by atoms with Gasteiger partial charge in [-0.15, -0.1) is 24.8 Å². The zero-order chi connectivity index (χ0) is 18.9. The quantitative estimate of drug-likeness (QED) is 0.649. The van der Waals surface area contributed by atoms with Gasteiger partial charge in [0, 0.05) is 19.5 Å². The number of amides is 1. The van der Waals surface area contributed by atoms with Crippen LogP contribution in [0, 0.1) is 11.8 Å². The van der Waals surface area contributed by atoms with E-state index in [4.69, 9.17) is 0 Å². The lowest BCUT2D eigenvalue weighted by Crippen LogP contribution is -2.35. The zero-order valence-electron chi connectivity index (χ0n) is 17.8. The fourth-order valence-electron chi connectivity index (χ4n) is 4.41. The van der Waals surface area contributed by atoms with Crippen molar-refractivity contribution < 1.29 is 4.79 Å². The smallest absolute Gasteiger partial charge is 0.220 e. The summed E-state index contributed by atoms with van der Waals surface area (Å²) in [6.07, 6.45) is 8.55. The Bertz CT molecular complexity index is 568. The first-order chi connectivity index (χ1) is 13.2. The van der Waals surface area contributed by atoms with Gasteiger partial charge in [-0.3, -0.25) is 9.69 Å². The van der Waals surface area contributed by atoms with Crippen molar-refractivity contribution in [2.24, 2.45) is 11.8 Å². The molecular weight excluding hydrogens is 405 g/mol.